The molecule has 0 aromatic carbocycles. The highest BCUT2D eigenvalue weighted by atomic mass is 16.3. The first-order valence-electron chi connectivity index (χ1n) is 4.13. The highest BCUT2D eigenvalue weighted by Crippen LogP contribution is 2.06. The van der Waals surface area contributed by atoms with Gasteiger partial charge in [-0.1, -0.05) is 0 Å². The summed E-state index contributed by atoms with van der Waals surface area (Å²) in [5, 5.41) is 26.8. The van der Waals surface area contributed by atoms with Gasteiger partial charge in [-0.15, -0.1) is 0 Å². The lowest BCUT2D eigenvalue weighted by Crippen LogP contribution is -2.26. The Labute approximate surface area is 71.8 Å². The van der Waals surface area contributed by atoms with Crippen LogP contribution in [0.25, 0.3) is 0 Å². The Balaban J connectivity index is 3.45. The van der Waals surface area contributed by atoms with Crippen LogP contribution in [0, 0.1) is 0 Å². The number of hydrogen-bond donors (Lipinski definition) is 3. The maximum atomic E-state index is 9.91. The first-order chi connectivity index (χ1) is 5.72. The van der Waals surface area contributed by atoms with E-state index in [9.17, 15) is 15.0 Å². The molecule has 0 amide bonds. The topological polar surface area (TPSA) is 77.8 Å². The van der Waals surface area contributed by atoms with Crippen LogP contribution < -0.4 is 0 Å². The van der Waals surface area contributed by atoms with Crippen molar-refractivity contribution in [2.75, 3.05) is 6.61 Å². The van der Waals surface area contributed by atoms with Crippen LogP contribution in [-0.4, -0.2) is 40.4 Å². The third-order valence-electron chi connectivity index (χ3n) is 1.68. The van der Waals surface area contributed by atoms with E-state index < -0.39 is 12.2 Å². The largest absolute Gasteiger partial charge is 0.396 e. The van der Waals surface area contributed by atoms with Crippen molar-refractivity contribution in [3.63, 3.8) is 0 Å². The number of aldehydes is 1. The number of hydrogen-bond acceptors (Lipinski definition) is 4. The molecule has 3 N–H and O–H groups in total. The molecule has 0 saturated heterocycles. The van der Waals surface area contributed by atoms with E-state index in [1.54, 1.807) is 0 Å². The first-order valence-corrected chi connectivity index (χ1v) is 4.13. The van der Waals surface area contributed by atoms with Gasteiger partial charge in [0.1, 0.15) is 6.29 Å². The second kappa shape index (κ2) is 7.21. The molecule has 0 aromatic rings. The van der Waals surface area contributed by atoms with Crippen LogP contribution in [-0.2, 0) is 4.79 Å². The predicted octanol–water partition coefficient (Wildman–Crippen LogP) is -0.540. The van der Waals surface area contributed by atoms with Crippen LogP contribution in [0.15, 0.2) is 0 Å². The molecule has 0 aliphatic carbocycles. The Bertz CT molecular complexity index is 116. The zero-order valence-electron chi connectivity index (χ0n) is 7.02. The Morgan fingerprint density at radius 3 is 2.25 bits per heavy atom. The SMILES string of the molecule is O=CCCC(O)C(O)CCCO. The average Bonchev–Trinajstić information content (AvgIpc) is 2.10. The monoisotopic (exact) mass is 176 g/mol. The lowest BCUT2D eigenvalue weighted by Gasteiger charge is -2.15. The maximum absolute atomic E-state index is 9.91. The van der Waals surface area contributed by atoms with Gasteiger partial charge in [0.25, 0.3) is 0 Å². The smallest absolute Gasteiger partial charge is 0.120 e. The number of aliphatic hydroxyl groups is 3. The summed E-state index contributed by atoms with van der Waals surface area (Å²) in [6.07, 6.45) is 0.435. The molecule has 2 atom stereocenters. The van der Waals surface area contributed by atoms with Gasteiger partial charge < -0.3 is 20.1 Å². The molecule has 0 bridgehead atoms. The molecule has 4 nitrogen and oxygen atoms in total. The van der Waals surface area contributed by atoms with Gasteiger partial charge in [-0.25, -0.2) is 0 Å². The number of aliphatic hydroxyl groups excluding tert-OH is 3. The van der Waals surface area contributed by atoms with Crippen molar-refractivity contribution in [2.45, 2.75) is 37.9 Å². The molecule has 0 aliphatic rings. The van der Waals surface area contributed by atoms with Gasteiger partial charge in [-0.3, -0.25) is 0 Å². The molecule has 0 aliphatic heterocycles. The normalized spacial score (nSPS) is 15.6. The Morgan fingerprint density at radius 2 is 1.75 bits per heavy atom. The standard InChI is InChI=1S/C8H16O4/c9-5-1-3-7(11)8(12)4-2-6-10/h5,7-8,10-12H,1-4,6H2. The minimum Gasteiger partial charge on any atom is -0.396 e. The fraction of sp³-hybridized carbons (Fsp3) is 0.875. The molecular formula is C8H16O4. The molecule has 0 radical (unpaired) electrons. The Morgan fingerprint density at radius 1 is 1.17 bits per heavy atom. The van der Waals surface area contributed by atoms with Crippen molar-refractivity contribution < 1.29 is 20.1 Å². The second-order valence-electron chi connectivity index (χ2n) is 2.74. The maximum Gasteiger partial charge on any atom is 0.120 e. The van der Waals surface area contributed by atoms with Gasteiger partial charge >= 0.3 is 0 Å². The van der Waals surface area contributed by atoms with Gasteiger partial charge in [0, 0.05) is 13.0 Å². The summed E-state index contributed by atoms with van der Waals surface area (Å²) in [6.45, 7) is 0.0114. The number of rotatable bonds is 7. The van der Waals surface area contributed by atoms with Gasteiger partial charge in [-0.2, -0.15) is 0 Å². The van der Waals surface area contributed by atoms with E-state index in [0.29, 0.717) is 19.1 Å². The van der Waals surface area contributed by atoms with Gasteiger partial charge in [0.15, 0.2) is 0 Å². The number of carbonyl (C=O) groups is 1. The molecule has 0 rings (SSSR count). The van der Waals surface area contributed by atoms with Crippen LogP contribution in [0.3, 0.4) is 0 Å². The molecule has 0 saturated carbocycles. The Hall–Kier alpha value is -0.450. The summed E-state index contributed by atoms with van der Waals surface area (Å²) in [4.78, 5) is 9.91. The lowest BCUT2D eigenvalue weighted by molar-refractivity contribution is -0.108. The van der Waals surface area contributed by atoms with E-state index >= 15 is 0 Å². The molecule has 0 heterocycles. The highest BCUT2D eigenvalue weighted by Gasteiger charge is 2.14. The van der Waals surface area contributed by atoms with E-state index in [1.807, 2.05) is 0 Å². The fourth-order valence-electron chi connectivity index (χ4n) is 0.924. The van der Waals surface area contributed by atoms with Crippen LogP contribution in [0.4, 0.5) is 0 Å². The summed E-state index contributed by atoms with van der Waals surface area (Å²) < 4.78 is 0. The summed E-state index contributed by atoms with van der Waals surface area (Å²) >= 11 is 0. The zero-order chi connectivity index (χ0) is 9.40. The van der Waals surface area contributed by atoms with Crippen LogP contribution >= 0.6 is 0 Å². The second-order valence-corrected chi connectivity index (χ2v) is 2.74. The highest BCUT2D eigenvalue weighted by molar-refractivity contribution is 5.49. The van der Waals surface area contributed by atoms with Crippen molar-refractivity contribution in [1.82, 2.24) is 0 Å². The third kappa shape index (κ3) is 5.23. The molecule has 0 spiro atoms. The van der Waals surface area contributed by atoms with E-state index in [4.69, 9.17) is 5.11 Å². The fourth-order valence-corrected chi connectivity index (χ4v) is 0.924. The number of carbonyl (C=O) groups excluding carboxylic acids is 1. The van der Waals surface area contributed by atoms with E-state index in [2.05, 4.69) is 0 Å². The zero-order valence-corrected chi connectivity index (χ0v) is 7.02. The minimum atomic E-state index is -0.846. The average molecular weight is 176 g/mol. The van der Waals surface area contributed by atoms with E-state index in [1.165, 1.54) is 0 Å². The van der Waals surface area contributed by atoms with Crippen LogP contribution in [0.2, 0.25) is 0 Å². The van der Waals surface area contributed by atoms with Gasteiger partial charge in [0.05, 0.1) is 12.2 Å². The van der Waals surface area contributed by atoms with E-state index in [-0.39, 0.29) is 19.4 Å². The summed E-state index contributed by atoms with van der Waals surface area (Å²) in [7, 11) is 0. The molecule has 2 unspecified atom stereocenters. The molecule has 0 aromatic heterocycles. The Kier molecular flexibility index (Phi) is 6.94. The molecule has 0 fully saturated rings. The van der Waals surface area contributed by atoms with Crippen molar-refractivity contribution >= 4 is 6.29 Å². The molecular weight excluding hydrogens is 160 g/mol. The molecule has 4 heteroatoms. The summed E-state index contributed by atoms with van der Waals surface area (Å²) in [5.74, 6) is 0. The van der Waals surface area contributed by atoms with Crippen molar-refractivity contribution in [1.29, 1.82) is 0 Å². The van der Waals surface area contributed by atoms with Crippen LogP contribution in [0.5, 0.6) is 0 Å². The van der Waals surface area contributed by atoms with Gasteiger partial charge in [-0.05, 0) is 19.3 Å². The molecule has 72 valence electrons. The first kappa shape index (κ1) is 11.6. The van der Waals surface area contributed by atoms with Gasteiger partial charge in [0.2, 0.25) is 0 Å². The summed E-state index contributed by atoms with van der Waals surface area (Å²) in [6, 6.07) is 0. The van der Waals surface area contributed by atoms with Crippen LogP contribution in [0.1, 0.15) is 25.7 Å². The van der Waals surface area contributed by atoms with E-state index in [0.717, 1.165) is 0 Å². The lowest BCUT2D eigenvalue weighted by atomic mass is 10.0. The third-order valence-corrected chi connectivity index (χ3v) is 1.68. The minimum absolute atomic E-state index is 0.0114. The quantitative estimate of drug-likeness (QED) is 0.455. The van der Waals surface area contributed by atoms with Crippen molar-refractivity contribution in [3.8, 4) is 0 Å². The summed E-state index contributed by atoms with van der Waals surface area (Å²) in [5.41, 5.74) is 0. The van der Waals surface area contributed by atoms with Crippen molar-refractivity contribution in [2.24, 2.45) is 0 Å². The predicted molar refractivity (Wildman–Crippen MR) is 43.6 cm³/mol. The van der Waals surface area contributed by atoms with Crippen molar-refractivity contribution in [3.05, 3.63) is 0 Å². The molecule has 12 heavy (non-hydrogen) atoms.